The van der Waals surface area contributed by atoms with E-state index in [0.29, 0.717) is 6.54 Å². The Morgan fingerprint density at radius 2 is 1.17 bits per heavy atom. The average Bonchev–Trinajstić information content (AvgIpc) is 2.75. The molecule has 7 nitrogen and oxygen atoms in total. The molecule has 0 bridgehead atoms. The van der Waals surface area contributed by atoms with Crippen molar-refractivity contribution in [3.8, 4) is 0 Å². The van der Waals surface area contributed by atoms with Crippen LogP contribution in [0, 0.1) is 0 Å². The number of hydrogen-bond donors (Lipinski definition) is 6. The molecule has 0 aromatic heterocycles. The van der Waals surface area contributed by atoms with Crippen LogP contribution in [-0.4, -0.2) is 64.3 Å². The number of amides is 1. The number of carbonyl (C=O) groups excluding carboxylic acids is 1. The van der Waals surface area contributed by atoms with Crippen molar-refractivity contribution in [2.75, 3.05) is 52.4 Å². The Kier molecular flexibility index (Phi) is 23.9. The van der Waals surface area contributed by atoms with Gasteiger partial charge in [0.25, 0.3) is 0 Å². The second-order valence-corrected chi connectivity index (χ2v) is 8.26. The molecule has 0 saturated heterocycles. The van der Waals surface area contributed by atoms with E-state index in [9.17, 15) is 4.79 Å². The average molecular weight is 429 g/mol. The summed E-state index contributed by atoms with van der Waals surface area (Å²) in [6.07, 6.45) is 13.8. The van der Waals surface area contributed by atoms with Crippen LogP contribution in [0.1, 0.15) is 84.0 Å². The van der Waals surface area contributed by atoms with Crippen LogP contribution in [0.5, 0.6) is 0 Å². The molecule has 1 unspecified atom stereocenters. The molecule has 0 aliphatic heterocycles. The van der Waals surface area contributed by atoms with E-state index in [1.165, 1.54) is 44.9 Å². The minimum absolute atomic E-state index is 0.0116. The van der Waals surface area contributed by atoms with E-state index >= 15 is 0 Å². The zero-order valence-corrected chi connectivity index (χ0v) is 19.8. The normalized spacial score (nSPS) is 12.2. The maximum absolute atomic E-state index is 12.0. The molecule has 0 aliphatic carbocycles. The summed E-state index contributed by atoms with van der Waals surface area (Å²) in [4.78, 5) is 12.0. The fourth-order valence-electron chi connectivity index (χ4n) is 3.26. The summed E-state index contributed by atoms with van der Waals surface area (Å²) < 4.78 is 0. The molecule has 1 amide bonds. The molecule has 8 N–H and O–H groups in total. The van der Waals surface area contributed by atoms with E-state index in [1.807, 2.05) is 0 Å². The Hall–Kier alpha value is -0.730. The summed E-state index contributed by atoms with van der Waals surface area (Å²) >= 11 is 0. The van der Waals surface area contributed by atoms with Crippen molar-refractivity contribution in [1.82, 2.24) is 21.3 Å². The standard InChI is InChI=1S/C23H52N6O/c1-2-3-4-5-7-15-26-16-8-6-13-22(25)23(30)29-21-12-20-28-18-10-9-17-27-19-11-14-24/h22,26-28H,2-21,24-25H2,1H3,(H,29,30). The summed E-state index contributed by atoms with van der Waals surface area (Å²) in [6.45, 7) is 9.86. The number of nitrogens with two attached hydrogens (primary N) is 2. The monoisotopic (exact) mass is 428 g/mol. The summed E-state index contributed by atoms with van der Waals surface area (Å²) in [7, 11) is 0. The van der Waals surface area contributed by atoms with Gasteiger partial charge in [-0.3, -0.25) is 4.79 Å². The summed E-state index contributed by atoms with van der Waals surface area (Å²) in [5, 5.41) is 13.3. The molecule has 0 aromatic rings. The zero-order chi connectivity index (χ0) is 22.1. The second-order valence-electron chi connectivity index (χ2n) is 8.26. The number of nitrogens with one attached hydrogen (secondary N) is 4. The van der Waals surface area contributed by atoms with Crippen LogP contribution in [0.25, 0.3) is 0 Å². The van der Waals surface area contributed by atoms with Crippen molar-refractivity contribution in [2.24, 2.45) is 11.5 Å². The third-order valence-corrected chi connectivity index (χ3v) is 5.26. The molecule has 7 heteroatoms. The first kappa shape index (κ1) is 29.3. The van der Waals surface area contributed by atoms with Gasteiger partial charge >= 0.3 is 0 Å². The predicted octanol–water partition coefficient (Wildman–Crippen LogP) is 1.86. The molecule has 30 heavy (non-hydrogen) atoms. The van der Waals surface area contributed by atoms with Crippen molar-refractivity contribution in [2.45, 2.75) is 90.0 Å². The summed E-state index contributed by atoms with van der Waals surface area (Å²) in [6, 6.07) is -0.376. The highest BCUT2D eigenvalue weighted by atomic mass is 16.2. The van der Waals surface area contributed by atoms with Gasteiger partial charge in [-0.25, -0.2) is 0 Å². The first-order valence-corrected chi connectivity index (χ1v) is 12.6. The maximum Gasteiger partial charge on any atom is 0.236 e. The minimum Gasteiger partial charge on any atom is -0.355 e. The van der Waals surface area contributed by atoms with Gasteiger partial charge in [0.1, 0.15) is 0 Å². The highest BCUT2D eigenvalue weighted by Gasteiger charge is 2.11. The van der Waals surface area contributed by atoms with E-state index in [2.05, 4.69) is 28.2 Å². The third kappa shape index (κ3) is 22.0. The Bertz CT molecular complexity index is 357. The van der Waals surface area contributed by atoms with Crippen molar-refractivity contribution in [1.29, 1.82) is 0 Å². The lowest BCUT2D eigenvalue weighted by Gasteiger charge is -2.12. The molecule has 0 rings (SSSR count). The van der Waals surface area contributed by atoms with E-state index in [1.54, 1.807) is 0 Å². The van der Waals surface area contributed by atoms with Crippen molar-refractivity contribution < 1.29 is 4.79 Å². The second kappa shape index (κ2) is 24.5. The highest BCUT2D eigenvalue weighted by molar-refractivity contribution is 5.81. The predicted molar refractivity (Wildman–Crippen MR) is 130 cm³/mol. The molecule has 0 aromatic carbocycles. The molecule has 180 valence electrons. The van der Waals surface area contributed by atoms with Crippen molar-refractivity contribution >= 4 is 5.91 Å². The molecule has 0 heterocycles. The van der Waals surface area contributed by atoms with Crippen LogP contribution >= 0.6 is 0 Å². The van der Waals surface area contributed by atoms with Gasteiger partial charge in [-0.1, -0.05) is 39.0 Å². The molecule has 0 saturated carbocycles. The molecule has 0 radical (unpaired) electrons. The number of carbonyl (C=O) groups is 1. The SMILES string of the molecule is CCCCCCCNCCCCC(N)C(=O)NCCCNCCCCNCCCN. The largest absolute Gasteiger partial charge is 0.355 e. The fraction of sp³-hybridized carbons (Fsp3) is 0.957. The molecule has 0 fully saturated rings. The van der Waals surface area contributed by atoms with Gasteiger partial charge in [-0.15, -0.1) is 0 Å². The quantitative estimate of drug-likeness (QED) is 0.131. The zero-order valence-electron chi connectivity index (χ0n) is 19.8. The van der Waals surface area contributed by atoms with Gasteiger partial charge in [0, 0.05) is 6.54 Å². The molecule has 1 atom stereocenters. The lowest BCUT2D eigenvalue weighted by atomic mass is 10.1. The highest BCUT2D eigenvalue weighted by Crippen LogP contribution is 2.02. The Morgan fingerprint density at radius 3 is 1.77 bits per heavy atom. The number of unbranched alkanes of at least 4 members (excludes halogenated alkanes) is 6. The van der Waals surface area contributed by atoms with Gasteiger partial charge in [0.15, 0.2) is 0 Å². The third-order valence-electron chi connectivity index (χ3n) is 5.26. The van der Waals surface area contributed by atoms with Gasteiger partial charge in [0.2, 0.25) is 5.91 Å². The van der Waals surface area contributed by atoms with E-state index in [-0.39, 0.29) is 11.9 Å². The van der Waals surface area contributed by atoms with Crippen LogP contribution in [0.15, 0.2) is 0 Å². The Balaban J connectivity index is 3.30. The number of hydrogen-bond acceptors (Lipinski definition) is 6. The molecule has 0 aliphatic rings. The van der Waals surface area contributed by atoms with Crippen LogP contribution in [0.3, 0.4) is 0 Å². The first-order valence-electron chi connectivity index (χ1n) is 12.6. The van der Waals surface area contributed by atoms with E-state index in [0.717, 1.165) is 77.9 Å². The van der Waals surface area contributed by atoms with Gasteiger partial charge in [-0.05, 0) is 90.8 Å². The van der Waals surface area contributed by atoms with Crippen LogP contribution in [0.4, 0.5) is 0 Å². The van der Waals surface area contributed by atoms with Gasteiger partial charge in [0.05, 0.1) is 6.04 Å². The minimum atomic E-state index is -0.376. The topological polar surface area (TPSA) is 117 Å². The van der Waals surface area contributed by atoms with Gasteiger partial charge in [-0.2, -0.15) is 0 Å². The lowest BCUT2D eigenvalue weighted by Crippen LogP contribution is -2.41. The Labute approximate surface area is 186 Å². The van der Waals surface area contributed by atoms with Crippen LogP contribution < -0.4 is 32.7 Å². The fourth-order valence-corrected chi connectivity index (χ4v) is 3.26. The smallest absolute Gasteiger partial charge is 0.236 e. The summed E-state index contributed by atoms with van der Waals surface area (Å²) in [5.74, 6) is -0.0116. The Morgan fingerprint density at radius 1 is 0.667 bits per heavy atom. The summed E-state index contributed by atoms with van der Waals surface area (Å²) in [5.41, 5.74) is 11.5. The van der Waals surface area contributed by atoms with Crippen molar-refractivity contribution in [3.05, 3.63) is 0 Å². The van der Waals surface area contributed by atoms with E-state index < -0.39 is 0 Å². The van der Waals surface area contributed by atoms with E-state index in [4.69, 9.17) is 11.5 Å². The van der Waals surface area contributed by atoms with Crippen LogP contribution in [-0.2, 0) is 4.79 Å². The number of rotatable bonds is 24. The first-order chi connectivity index (χ1) is 14.7. The van der Waals surface area contributed by atoms with Crippen LogP contribution in [0.2, 0.25) is 0 Å². The molecular weight excluding hydrogens is 376 g/mol. The lowest BCUT2D eigenvalue weighted by molar-refractivity contribution is -0.122. The molecule has 0 spiro atoms. The van der Waals surface area contributed by atoms with Gasteiger partial charge < -0.3 is 32.7 Å². The van der Waals surface area contributed by atoms with Crippen molar-refractivity contribution in [3.63, 3.8) is 0 Å². The molecular formula is C23H52N6O. The maximum atomic E-state index is 12.0.